The number of aromatic nitrogens is 2. The van der Waals surface area contributed by atoms with Crippen LogP contribution in [0.15, 0.2) is 11.4 Å². The number of imidazole rings is 1. The molecule has 2 saturated heterocycles. The summed E-state index contributed by atoms with van der Waals surface area (Å²) in [7, 11) is -3.44. The van der Waals surface area contributed by atoms with Crippen molar-refractivity contribution in [1.82, 2.24) is 19.8 Å². The van der Waals surface area contributed by atoms with E-state index in [4.69, 9.17) is 4.74 Å². The number of hydrogen-bond donors (Lipinski definition) is 1. The van der Waals surface area contributed by atoms with Crippen molar-refractivity contribution in [1.29, 1.82) is 0 Å². The Hall–Kier alpha value is -1.45. The van der Waals surface area contributed by atoms with E-state index in [0.29, 0.717) is 39.2 Å². The zero-order valence-electron chi connectivity index (χ0n) is 16.4. The van der Waals surface area contributed by atoms with Gasteiger partial charge < -0.3 is 14.6 Å². The molecule has 27 heavy (non-hydrogen) atoms. The third kappa shape index (κ3) is 4.20. The van der Waals surface area contributed by atoms with Gasteiger partial charge in [0.25, 0.3) is 0 Å². The molecule has 0 aliphatic carbocycles. The van der Waals surface area contributed by atoms with E-state index in [2.05, 4.69) is 15.2 Å². The standard InChI is InChI=1S/C18H30N4O4S/c1-4-10-27(24,25)17-20-11-14(22(17)13-15-6-5-9-26-15)12-21-8-7-19-16(23)18(21,2)3/h11,15H,4-10,12-13H2,1-3H3,(H,19,23). The van der Waals surface area contributed by atoms with Crippen molar-refractivity contribution in [3.63, 3.8) is 0 Å². The van der Waals surface area contributed by atoms with Crippen molar-refractivity contribution in [3.8, 4) is 0 Å². The number of sulfone groups is 1. The second-order valence-corrected chi connectivity index (χ2v) is 9.84. The summed E-state index contributed by atoms with van der Waals surface area (Å²) < 4.78 is 33.0. The molecule has 9 heteroatoms. The molecule has 1 aromatic rings. The largest absolute Gasteiger partial charge is 0.376 e. The smallest absolute Gasteiger partial charge is 0.240 e. The fourth-order valence-corrected chi connectivity index (χ4v) is 5.19. The molecule has 2 aliphatic rings. The first-order valence-corrected chi connectivity index (χ1v) is 11.3. The van der Waals surface area contributed by atoms with Gasteiger partial charge in [0.1, 0.15) is 0 Å². The zero-order chi connectivity index (χ0) is 19.7. The van der Waals surface area contributed by atoms with E-state index in [-0.39, 0.29) is 22.9 Å². The van der Waals surface area contributed by atoms with Crippen LogP contribution < -0.4 is 5.32 Å². The summed E-state index contributed by atoms with van der Waals surface area (Å²) in [6.45, 7) is 8.58. The SMILES string of the molecule is CCCS(=O)(=O)c1ncc(CN2CCNC(=O)C2(C)C)n1CC1CCCO1. The highest BCUT2D eigenvalue weighted by Gasteiger charge is 2.38. The summed E-state index contributed by atoms with van der Waals surface area (Å²) >= 11 is 0. The third-order valence-corrected chi connectivity index (χ3v) is 7.26. The molecule has 1 aromatic heterocycles. The van der Waals surface area contributed by atoms with E-state index in [9.17, 15) is 13.2 Å². The molecule has 2 aliphatic heterocycles. The van der Waals surface area contributed by atoms with Crippen LogP contribution in [-0.2, 0) is 32.5 Å². The molecule has 0 spiro atoms. The van der Waals surface area contributed by atoms with E-state index >= 15 is 0 Å². The number of rotatable bonds is 7. The van der Waals surface area contributed by atoms with Gasteiger partial charge in [-0.25, -0.2) is 13.4 Å². The minimum absolute atomic E-state index is 0.00573. The first-order valence-electron chi connectivity index (χ1n) is 9.68. The van der Waals surface area contributed by atoms with Gasteiger partial charge in [-0.1, -0.05) is 6.92 Å². The van der Waals surface area contributed by atoms with E-state index < -0.39 is 15.4 Å². The molecule has 1 amide bonds. The van der Waals surface area contributed by atoms with Gasteiger partial charge >= 0.3 is 0 Å². The number of piperazine rings is 1. The predicted molar refractivity (Wildman–Crippen MR) is 101 cm³/mol. The maximum Gasteiger partial charge on any atom is 0.240 e. The van der Waals surface area contributed by atoms with E-state index in [1.807, 2.05) is 20.8 Å². The van der Waals surface area contributed by atoms with Gasteiger partial charge in [0.2, 0.25) is 20.9 Å². The van der Waals surface area contributed by atoms with E-state index in [1.54, 1.807) is 10.8 Å². The second kappa shape index (κ2) is 7.89. The third-order valence-electron chi connectivity index (χ3n) is 5.43. The minimum Gasteiger partial charge on any atom is -0.376 e. The minimum atomic E-state index is -3.44. The van der Waals surface area contributed by atoms with Gasteiger partial charge in [-0.2, -0.15) is 0 Å². The Kier molecular flexibility index (Phi) is 5.93. The van der Waals surface area contributed by atoms with Gasteiger partial charge in [-0.05, 0) is 33.1 Å². The Labute approximate surface area is 161 Å². The Morgan fingerprint density at radius 3 is 2.85 bits per heavy atom. The lowest BCUT2D eigenvalue weighted by molar-refractivity contribution is -0.135. The van der Waals surface area contributed by atoms with Crippen LogP contribution in [0.5, 0.6) is 0 Å². The molecule has 1 unspecified atom stereocenters. The van der Waals surface area contributed by atoms with Crippen LogP contribution in [0.2, 0.25) is 0 Å². The van der Waals surface area contributed by atoms with Crippen molar-refractivity contribution in [2.75, 3.05) is 25.4 Å². The van der Waals surface area contributed by atoms with Crippen LogP contribution in [0.3, 0.4) is 0 Å². The molecule has 152 valence electrons. The molecular formula is C18H30N4O4S. The summed E-state index contributed by atoms with van der Waals surface area (Å²) in [6, 6.07) is 0. The van der Waals surface area contributed by atoms with Crippen LogP contribution in [0, 0.1) is 0 Å². The number of ether oxygens (including phenoxy) is 1. The van der Waals surface area contributed by atoms with Gasteiger partial charge in [0.05, 0.1) is 35.8 Å². The van der Waals surface area contributed by atoms with Crippen molar-refractivity contribution in [3.05, 3.63) is 11.9 Å². The fourth-order valence-electron chi connectivity index (χ4n) is 3.73. The Morgan fingerprint density at radius 1 is 1.41 bits per heavy atom. The molecule has 0 radical (unpaired) electrons. The predicted octanol–water partition coefficient (Wildman–Crippen LogP) is 0.956. The number of nitrogens with one attached hydrogen (secondary N) is 1. The zero-order valence-corrected chi connectivity index (χ0v) is 17.2. The molecule has 0 saturated carbocycles. The van der Waals surface area contributed by atoms with Crippen molar-refractivity contribution in [2.24, 2.45) is 0 Å². The molecule has 0 bridgehead atoms. The average Bonchev–Trinajstić information content (AvgIpc) is 3.23. The highest BCUT2D eigenvalue weighted by atomic mass is 32.2. The lowest BCUT2D eigenvalue weighted by atomic mass is 9.99. The molecule has 0 aromatic carbocycles. The summed E-state index contributed by atoms with van der Waals surface area (Å²) in [5, 5.41) is 3.01. The molecule has 1 atom stereocenters. The first kappa shape index (κ1) is 20.3. The monoisotopic (exact) mass is 398 g/mol. The summed E-state index contributed by atoms with van der Waals surface area (Å²) in [6.07, 6.45) is 4.10. The van der Waals surface area contributed by atoms with E-state index in [1.165, 1.54) is 0 Å². The van der Waals surface area contributed by atoms with Crippen LogP contribution >= 0.6 is 0 Å². The number of hydrogen-bond acceptors (Lipinski definition) is 6. The van der Waals surface area contributed by atoms with Crippen molar-refractivity contribution in [2.45, 2.75) is 69.9 Å². The highest BCUT2D eigenvalue weighted by Crippen LogP contribution is 2.24. The lowest BCUT2D eigenvalue weighted by Crippen LogP contribution is -2.61. The van der Waals surface area contributed by atoms with Crippen molar-refractivity contribution < 1.29 is 17.9 Å². The maximum absolute atomic E-state index is 12.7. The number of carbonyl (C=O) groups is 1. The number of carbonyl (C=O) groups excluding carboxylic acids is 1. The summed E-state index contributed by atoms with van der Waals surface area (Å²) in [5.74, 6) is 0.0600. The number of nitrogens with zero attached hydrogens (tertiary/aromatic N) is 3. The molecular weight excluding hydrogens is 368 g/mol. The molecule has 3 heterocycles. The fraction of sp³-hybridized carbons (Fsp3) is 0.778. The quantitative estimate of drug-likeness (QED) is 0.735. The number of amides is 1. The highest BCUT2D eigenvalue weighted by molar-refractivity contribution is 7.91. The normalized spacial score (nSPS) is 23.5. The second-order valence-electron chi connectivity index (χ2n) is 7.83. The average molecular weight is 399 g/mol. The van der Waals surface area contributed by atoms with Gasteiger partial charge in [-0.3, -0.25) is 9.69 Å². The Morgan fingerprint density at radius 2 is 2.19 bits per heavy atom. The summed E-state index contributed by atoms with van der Waals surface area (Å²) in [4.78, 5) is 18.6. The van der Waals surface area contributed by atoms with Crippen LogP contribution in [0.25, 0.3) is 0 Å². The first-order chi connectivity index (χ1) is 12.8. The van der Waals surface area contributed by atoms with Crippen molar-refractivity contribution >= 4 is 15.7 Å². The van der Waals surface area contributed by atoms with E-state index in [0.717, 1.165) is 18.5 Å². The molecule has 2 fully saturated rings. The van der Waals surface area contributed by atoms with Gasteiger partial charge in [0, 0.05) is 26.2 Å². The Bertz CT molecular complexity index is 781. The molecule has 1 N–H and O–H groups in total. The molecule has 3 rings (SSSR count). The van der Waals surface area contributed by atoms with Gasteiger partial charge in [0.15, 0.2) is 0 Å². The topological polar surface area (TPSA) is 93.5 Å². The van der Waals surface area contributed by atoms with Crippen LogP contribution in [-0.4, -0.2) is 65.9 Å². The van der Waals surface area contributed by atoms with Crippen LogP contribution in [0.4, 0.5) is 0 Å². The lowest BCUT2D eigenvalue weighted by Gasteiger charge is -2.41. The van der Waals surface area contributed by atoms with Crippen LogP contribution in [0.1, 0.15) is 45.7 Å². The summed E-state index contributed by atoms with van der Waals surface area (Å²) in [5.41, 5.74) is 0.155. The van der Waals surface area contributed by atoms with Gasteiger partial charge in [-0.15, -0.1) is 0 Å². The molecule has 8 nitrogen and oxygen atoms in total. The Balaban J connectivity index is 1.92. The maximum atomic E-state index is 12.7.